The minimum absolute atomic E-state index is 0.286. The predicted octanol–water partition coefficient (Wildman–Crippen LogP) is 7.30. The van der Waals surface area contributed by atoms with E-state index >= 15 is 0 Å². The first-order valence-electron chi connectivity index (χ1n) is 8.58. The zero-order valence-corrected chi connectivity index (χ0v) is 16.2. The average Bonchev–Trinajstić information content (AvgIpc) is 2.97. The summed E-state index contributed by atoms with van der Waals surface area (Å²) in [6.45, 7) is 8.48. The Morgan fingerprint density at radius 2 is 1.96 bits per heavy atom. The van der Waals surface area contributed by atoms with Gasteiger partial charge in [-0.1, -0.05) is 42.8 Å². The Labute approximate surface area is 158 Å². The van der Waals surface area contributed by atoms with Crippen molar-refractivity contribution in [3.63, 3.8) is 0 Å². The van der Waals surface area contributed by atoms with E-state index in [0.717, 1.165) is 31.2 Å². The van der Waals surface area contributed by atoms with Crippen LogP contribution in [0, 0.1) is 12.7 Å². The van der Waals surface area contributed by atoms with Crippen molar-refractivity contribution >= 4 is 33.0 Å². The standard InChI is InChI=1S/C22H22ClFS/c1-4-14(2)9-18-13-25-21-11-16(10-15(3)22(18)21)5-6-17-7-8-19(24)12-20(17)23/h7-8,10-13H,2,4-6,9H2,1,3H3. The van der Waals surface area contributed by atoms with Crippen LogP contribution in [0.4, 0.5) is 4.39 Å². The van der Waals surface area contributed by atoms with Crippen LogP contribution >= 0.6 is 22.9 Å². The number of aryl methyl sites for hydroxylation is 3. The molecule has 25 heavy (non-hydrogen) atoms. The normalized spacial score (nSPS) is 11.2. The summed E-state index contributed by atoms with van der Waals surface area (Å²) < 4.78 is 14.5. The highest BCUT2D eigenvalue weighted by molar-refractivity contribution is 7.17. The molecule has 0 aliphatic rings. The molecule has 0 saturated carbocycles. The fraction of sp³-hybridized carbons (Fsp3) is 0.273. The third kappa shape index (κ3) is 4.13. The Morgan fingerprint density at radius 3 is 2.68 bits per heavy atom. The number of rotatable bonds is 6. The van der Waals surface area contributed by atoms with Crippen LogP contribution in [-0.2, 0) is 19.3 Å². The van der Waals surface area contributed by atoms with Crippen LogP contribution in [0.2, 0.25) is 5.02 Å². The van der Waals surface area contributed by atoms with Crippen LogP contribution in [0.25, 0.3) is 10.1 Å². The van der Waals surface area contributed by atoms with Crippen molar-refractivity contribution in [2.75, 3.05) is 0 Å². The lowest BCUT2D eigenvalue weighted by Gasteiger charge is -2.08. The molecule has 0 unspecified atom stereocenters. The predicted molar refractivity (Wildman–Crippen MR) is 109 cm³/mol. The maximum Gasteiger partial charge on any atom is 0.124 e. The van der Waals surface area contributed by atoms with Gasteiger partial charge >= 0.3 is 0 Å². The third-order valence-corrected chi connectivity index (χ3v) is 5.98. The summed E-state index contributed by atoms with van der Waals surface area (Å²) in [5.41, 5.74) is 6.27. The highest BCUT2D eigenvalue weighted by atomic mass is 35.5. The fourth-order valence-corrected chi connectivity index (χ4v) is 4.56. The second-order valence-corrected chi connectivity index (χ2v) is 7.88. The first-order valence-corrected chi connectivity index (χ1v) is 9.84. The lowest BCUT2D eigenvalue weighted by Crippen LogP contribution is -1.94. The molecule has 0 bridgehead atoms. The van der Waals surface area contributed by atoms with E-state index in [1.165, 1.54) is 44.5 Å². The average molecular weight is 373 g/mol. The summed E-state index contributed by atoms with van der Waals surface area (Å²) in [6.07, 6.45) is 3.70. The summed E-state index contributed by atoms with van der Waals surface area (Å²) in [4.78, 5) is 0. The van der Waals surface area contributed by atoms with Crippen LogP contribution in [0.3, 0.4) is 0 Å². The molecule has 0 nitrogen and oxygen atoms in total. The van der Waals surface area contributed by atoms with Crippen LogP contribution in [-0.4, -0.2) is 0 Å². The molecule has 130 valence electrons. The largest absolute Gasteiger partial charge is 0.207 e. The van der Waals surface area contributed by atoms with Gasteiger partial charge < -0.3 is 0 Å². The van der Waals surface area contributed by atoms with Crippen molar-refractivity contribution in [1.82, 2.24) is 0 Å². The van der Waals surface area contributed by atoms with Crippen LogP contribution in [0.1, 0.15) is 35.6 Å². The van der Waals surface area contributed by atoms with Gasteiger partial charge in [0.15, 0.2) is 0 Å². The van der Waals surface area contributed by atoms with Gasteiger partial charge in [0.1, 0.15) is 5.82 Å². The first kappa shape index (κ1) is 18.2. The lowest BCUT2D eigenvalue weighted by molar-refractivity contribution is 0.627. The monoisotopic (exact) mass is 372 g/mol. The summed E-state index contributed by atoms with van der Waals surface area (Å²) in [5, 5.41) is 4.15. The van der Waals surface area contributed by atoms with E-state index in [1.807, 2.05) is 0 Å². The minimum atomic E-state index is -0.286. The molecule has 0 amide bonds. The van der Waals surface area contributed by atoms with Crippen molar-refractivity contribution in [3.8, 4) is 0 Å². The minimum Gasteiger partial charge on any atom is -0.207 e. The van der Waals surface area contributed by atoms with E-state index < -0.39 is 0 Å². The molecular formula is C22H22ClFS. The molecule has 0 spiro atoms. The van der Waals surface area contributed by atoms with Crippen molar-refractivity contribution in [2.24, 2.45) is 0 Å². The van der Waals surface area contributed by atoms with Gasteiger partial charge in [-0.05, 0) is 83.8 Å². The van der Waals surface area contributed by atoms with E-state index in [-0.39, 0.29) is 5.82 Å². The number of halogens is 2. The van der Waals surface area contributed by atoms with Gasteiger partial charge in [-0.2, -0.15) is 0 Å². The quantitative estimate of drug-likeness (QED) is 0.398. The van der Waals surface area contributed by atoms with E-state index in [4.69, 9.17) is 11.6 Å². The first-order chi connectivity index (χ1) is 12.0. The number of benzene rings is 2. The highest BCUT2D eigenvalue weighted by Crippen LogP contribution is 2.32. The van der Waals surface area contributed by atoms with Gasteiger partial charge in [-0.15, -0.1) is 11.3 Å². The molecule has 3 aromatic rings. The van der Waals surface area contributed by atoms with Crippen LogP contribution < -0.4 is 0 Å². The number of hydrogen-bond acceptors (Lipinski definition) is 1. The zero-order valence-electron chi connectivity index (χ0n) is 14.7. The summed E-state index contributed by atoms with van der Waals surface area (Å²) >= 11 is 7.95. The Balaban J connectivity index is 1.82. The van der Waals surface area contributed by atoms with Gasteiger partial charge in [0, 0.05) is 9.72 Å². The van der Waals surface area contributed by atoms with E-state index in [1.54, 1.807) is 17.4 Å². The van der Waals surface area contributed by atoms with Crippen molar-refractivity contribution in [1.29, 1.82) is 0 Å². The van der Waals surface area contributed by atoms with Crippen LogP contribution in [0.15, 0.2) is 47.9 Å². The van der Waals surface area contributed by atoms with Crippen molar-refractivity contribution in [3.05, 3.63) is 81.0 Å². The van der Waals surface area contributed by atoms with Gasteiger partial charge in [-0.3, -0.25) is 0 Å². The molecule has 0 atom stereocenters. The molecule has 0 saturated heterocycles. The lowest BCUT2D eigenvalue weighted by atomic mass is 9.97. The van der Waals surface area contributed by atoms with E-state index in [9.17, 15) is 4.39 Å². The Kier molecular flexibility index (Phi) is 5.61. The van der Waals surface area contributed by atoms with Crippen molar-refractivity contribution in [2.45, 2.75) is 39.5 Å². The highest BCUT2D eigenvalue weighted by Gasteiger charge is 2.10. The molecule has 1 heterocycles. The van der Waals surface area contributed by atoms with Gasteiger partial charge in [-0.25, -0.2) is 4.39 Å². The van der Waals surface area contributed by atoms with Gasteiger partial charge in [0.05, 0.1) is 0 Å². The molecule has 0 aliphatic carbocycles. The molecule has 0 radical (unpaired) electrons. The maximum absolute atomic E-state index is 13.2. The van der Waals surface area contributed by atoms with E-state index in [2.05, 4.69) is 37.9 Å². The summed E-state index contributed by atoms with van der Waals surface area (Å²) in [5.74, 6) is -0.286. The molecular weight excluding hydrogens is 351 g/mol. The molecule has 3 rings (SSSR count). The Bertz CT molecular complexity index is 923. The zero-order chi connectivity index (χ0) is 18.0. The molecule has 0 fully saturated rings. The maximum atomic E-state index is 13.2. The summed E-state index contributed by atoms with van der Waals surface area (Å²) in [7, 11) is 0. The molecule has 1 aromatic heterocycles. The Morgan fingerprint density at radius 1 is 1.16 bits per heavy atom. The van der Waals surface area contributed by atoms with Gasteiger partial charge in [0.2, 0.25) is 0 Å². The third-order valence-electron chi connectivity index (χ3n) is 4.65. The second-order valence-electron chi connectivity index (χ2n) is 6.56. The molecule has 2 aromatic carbocycles. The number of hydrogen-bond donors (Lipinski definition) is 0. The topological polar surface area (TPSA) is 0 Å². The molecule has 3 heteroatoms. The summed E-state index contributed by atoms with van der Waals surface area (Å²) in [6, 6.07) is 9.19. The van der Waals surface area contributed by atoms with Gasteiger partial charge in [0.25, 0.3) is 0 Å². The van der Waals surface area contributed by atoms with E-state index in [0.29, 0.717) is 5.02 Å². The fourth-order valence-electron chi connectivity index (χ4n) is 3.20. The SMILES string of the molecule is C=C(CC)Cc1csc2cc(CCc3ccc(F)cc3Cl)cc(C)c12. The number of allylic oxidation sites excluding steroid dienone is 1. The smallest absolute Gasteiger partial charge is 0.124 e. The second kappa shape index (κ2) is 7.72. The number of thiophene rings is 1. The number of fused-ring (bicyclic) bond motifs is 1. The molecule has 0 N–H and O–H groups in total. The molecule has 0 aliphatic heterocycles. The Hall–Kier alpha value is -1.64. The van der Waals surface area contributed by atoms with Crippen molar-refractivity contribution < 1.29 is 4.39 Å². The van der Waals surface area contributed by atoms with Crippen LogP contribution in [0.5, 0.6) is 0 Å².